The minimum Gasteiger partial charge on any atom is -0.507 e. The number of nitrogens with one attached hydrogen (secondary N) is 2. The van der Waals surface area contributed by atoms with Crippen LogP contribution in [0.3, 0.4) is 0 Å². The summed E-state index contributed by atoms with van der Waals surface area (Å²) in [5.74, 6) is -1.31. The number of primary amides is 1. The second-order valence-corrected chi connectivity index (χ2v) is 8.22. The van der Waals surface area contributed by atoms with Crippen molar-refractivity contribution in [3.8, 4) is 5.75 Å². The van der Waals surface area contributed by atoms with E-state index in [1.807, 2.05) is 18.2 Å². The molecule has 8 nitrogen and oxygen atoms in total. The molecule has 2 aromatic carbocycles. The SMILES string of the molecule is NC(=O)c1cc2c(cc1O)NCCCOC/C=C/Cc1cccc(c1)NS2(=O)=O. The lowest BCUT2D eigenvalue weighted by Gasteiger charge is -2.16. The van der Waals surface area contributed by atoms with E-state index in [-0.39, 0.29) is 16.1 Å². The maximum absolute atomic E-state index is 13.1. The van der Waals surface area contributed by atoms with Gasteiger partial charge in [0.1, 0.15) is 10.6 Å². The molecule has 0 unspecified atom stereocenters. The van der Waals surface area contributed by atoms with Crippen LogP contribution in [0.15, 0.2) is 53.4 Å². The predicted molar refractivity (Wildman–Crippen MR) is 111 cm³/mol. The summed E-state index contributed by atoms with van der Waals surface area (Å²) < 4.78 is 34.2. The normalized spacial score (nSPS) is 17.9. The zero-order valence-electron chi connectivity index (χ0n) is 15.7. The van der Waals surface area contributed by atoms with Crippen LogP contribution < -0.4 is 15.8 Å². The molecule has 1 aliphatic heterocycles. The Labute approximate surface area is 169 Å². The summed E-state index contributed by atoms with van der Waals surface area (Å²) in [6.45, 7) is 1.39. The molecule has 0 saturated heterocycles. The summed E-state index contributed by atoms with van der Waals surface area (Å²) >= 11 is 0. The van der Waals surface area contributed by atoms with Crippen molar-refractivity contribution in [2.45, 2.75) is 17.7 Å². The number of amides is 1. The predicted octanol–water partition coefficient (Wildman–Crippen LogP) is 2.22. The van der Waals surface area contributed by atoms with Crippen molar-refractivity contribution in [2.75, 3.05) is 29.8 Å². The van der Waals surface area contributed by atoms with Gasteiger partial charge in [-0.15, -0.1) is 0 Å². The fourth-order valence-corrected chi connectivity index (χ4v) is 4.18. The number of benzene rings is 2. The molecule has 2 aromatic rings. The standard InChI is InChI=1S/C20H23N3O5S/c21-20(25)16-12-19-17(13-18(16)24)22-8-4-10-28-9-2-1-5-14-6-3-7-15(11-14)23-29(19,26)27/h1-3,6-7,11-13,22-24H,4-5,8-10H2,(H2,21,25)/b2-1+. The summed E-state index contributed by atoms with van der Waals surface area (Å²) in [7, 11) is -4.06. The van der Waals surface area contributed by atoms with Crippen molar-refractivity contribution in [1.82, 2.24) is 0 Å². The molecule has 0 fully saturated rings. The number of sulfonamides is 1. The van der Waals surface area contributed by atoms with Crippen LogP contribution in [0.5, 0.6) is 5.75 Å². The minimum absolute atomic E-state index is 0.170. The van der Waals surface area contributed by atoms with Gasteiger partial charge >= 0.3 is 0 Å². The third-order valence-corrected chi connectivity index (χ3v) is 5.77. The molecule has 2 bridgehead atoms. The van der Waals surface area contributed by atoms with E-state index in [0.717, 1.165) is 11.6 Å². The number of aromatic hydroxyl groups is 1. The van der Waals surface area contributed by atoms with E-state index >= 15 is 0 Å². The van der Waals surface area contributed by atoms with Gasteiger partial charge in [-0.2, -0.15) is 0 Å². The molecule has 0 spiro atoms. The first-order valence-corrected chi connectivity index (χ1v) is 10.6. The molecular formula is C20H23N3O5S. The molecule has 29 heavy (non-hydrogen) atoms. The van der Waals surface area contributed by atoms with Crippen LogP contribution in [0.4, 0.5) is 11.4 Å². The Morgan fingerprint density at radius 3 is 2.79 bits per heavy atom. The Morgan fingerprint density at radius 1 is 1.17 bits per heavy atom. The molecule has 0 saturated carbocycles. The number of ether oxygens (including phenoxy) is 1. The average Bonchev–Trinajstić information content (AvgIpc) is 2.65. The first-order chi connectivity index (χ1) is 13.9. The number of allylic oxidation sites excluding steroid dienone is 1. The lowest BCUT2D eigenvalue weighted by molar-refractivity contribution is 0.0997. The van der Waals surface area contributed by atoms with E-state index in [9.17, 15) is 18.3 Å². The average molecular weight is 417 g/mol. The van der Waals surface area contributed by atoms with Crippen molar-refractivity contribution < 1.29 is 23.1 Å². The van der Waals surface area contributed by atoms with E-state index in [0.29, 0.717) is 38.3 Å². The third-order valence-electron chi connectivity index (χ3n) is 4.35. The maximum Gasteiger partial charge on any atom is 0.263 e. The highest BCUT2D eigenvalue weighted by Crippen LogP contribution is 2.31. The quantitative estimate of drug-likeness (QED) is 0.526. The molecule has 1 heterocycles. The maximum atomic E-state index is 13.1. The van der Waals surface area contributed by atoms with E-state index in [4.69, 9.17) is 10.5 Å². The zero-order valence-corrected chi connectivity index (χ0v) is 16.5. The smallest absolute Gasteiger partial charge is 0.263 e. The van der Waals surface area contributed by atoms with Gasteiger partial charge < -0.3 is 20.9 Å². The molecule has 9 heteroatoms. The molecule has 1 aliphatic rings. The van der Waals surface area contributed by atoms with Gasteiger partial charge in [0.05, 0.1) is 17.9 Å². The molecule has 154 valence electrons. The Morgan fingerprint density at radius 2 is 2.00 bits per heavy atom. The highest BCUT2D eigenvalue weighted by Gasteiger charge is 2.23. The van der Waals surface area contributed by atoms with Gasteiger partial charge in [-0.25, -0.2) is 8.42 Å². The number of rotatable bonds is 1. The lowest BCUT2D eigenvalue weighted by atomic mass is 10.1. The Bertz CT molecular complexity index is 1030. The Hall–Kier alpha value is -3.04. The van der Waals surface area contributed by atoms with Crippen LogP contribution in [0.2, 0.25) is 0 Å². The van der Waals surface area contributed by atoms with Crippen molar-refractivity contribution in [2.24, 2.45) is 5.73 Å². The Kier molecular flexibility index (Phi) is 6.40. The molecule has 3 rings (SSSR count). The van der Waals surface area contributed by atoms with E-state index in [1.54, 1.807) is 18.2 Å². The van der Waals surface area contributed by atoms with Gasteiger partial charge in [-0.1, -0.05) is 24.3 Å². The van der Waals surface area contributed by atoms with Crippen LogP contribution in [0.25, 0.3) is 0 Å². The van der Waals surface area contributed by atoms with Crippen LogP contribution in [-0.4, -0.2) is 39.2 Å². The number of nitrogens with two attached hydrogens (primary N) is 1. The number of hydrogen-bond donors (Lipinski definition) is 4. The van der Waals surface area contributed by atoms with Crippen LogP contribution in [0, 0.1) is 0 Å². The number of phenols is 1. The number of fused-ring (bicyclic) bond motifs is 3. The summed E-state index contributed by atoms with van der Waals surface area (Å²) in [6, 6.07) is 9.29. The summed E-state index contributed by atoms with van der Waals surface area (Å²) in [5.41, 5.74) is 6.48. The molecule has 0 aromatic heterocycles. The molecule has 0 atom stereocenters. The monoisotopic (exact) mass is 417 g/mol. The summed E-state index contributed by atoms with van der Waals surface area (Å²) in [6.07, 6.45) is 5.15. The molecule has 1 amide bonds. The number of carbonyl (C=O) groups is 1. The van der Waals surface area contributed by atoms with E-state index in [2.05, 4.69) is 10.0 Å². The second-order valence-electron chi connectivity index (χ2n) is 6.57. The highest BCUT2D eigenvalue weighted by molar-refractivity contribution is 7.92. The molecule has 0 radical (unpaired) electrons. The summed E-state index contributed by atoms with van der Waals surface area (Å²) in [5, 5.41) is 13.1. The van der Waals surface area contributed by atoms with Gasteiger partial charge in [0.25, 0.3) is 15.9 Å². The van der Waals surface area contributed by atoms with Crippen molar-refractivity contribution in [3.63, 3.8) is 0 Å². The van der Waals surface area contributed by atoms with E-state index < -0.39 is 21.7 Å². The first kappa shape index (κ1) is 20.7. The van der Waals surface area contributed by atoms with Crippen LogP contribution >= 0.6 is 0 Å². The minimum atomic E-state index is -4.06. The number of hydrogen-bond acceptors (Lipinski definition) is 6. The zero-order chi connectivity index (χ0) is 20.9. The van der Waals surface area contributed by atoms with E-state index in [1.165, 1.54) is 6.07 Å². The third kappa shape index (κ3) is 5.27. The fourth-order valence-electron chi connectivity index (χ4n) is 2.93. The fraction of sp³-hybridized carbons (Fsp3) is 0.250. The molecule has 5 N–H and O–H groups in total. The van der Waals surface area contributed by atoms with Gasteiger partial charge in [0.2, 0.25) is 0 Å². The van der Waals surface area contributed by atoms with Gasteiger partial charge in [0, 0.05) is 24.9 Å². The number of anilines is 2. The van der Waals surface area contributed by atoms with Gasteiger partial charge in [-0.3, -0.25) is 9.52 Å². The van der Waals surface area contributed by atoms with Gasteiger partial charge in [0.15, 0.2) is 0 Å². The van der Waals surface area contributed by atoms with Gasteiger partial charge in [-0.05, 0) is 36.6 Å². The molecular weight excluding hydrogens is 394 g/mol. The largest absolute Gasteiger partial charge is 0.507 e. The number of carbonyl (C=O) groups excluding carboxylic acids is 1. The molecule has 0 aliphatic carbocycles. The first-order valence-electron chi connectivity index (χ1n) is 9.12. The van der Waals surface area contributed by atoms with Crippen molar-refractivity contribution in [3.05, 3.63) is 59.7 Å². The topological polar surface area (TPSA) is 131 Å². The van der Waals surface area contributed by atoms with Crippen molar-refractivity contribution >= 4 is 27.3 Å². The summed E-state index contributed by atoms with van der Waals surface area (Å²) in [4.78, 5) is 11.4. The second kappa shape index (κ2) is 8.97. The van der Waals surface area contributed by atoms with Crippen LogP contribution in [0.1, 0.15) is 22.3 Å². The lowest BCUT2D eigenvalue weighted by Crippen LogP contribution is -2.19. The van der Waals surface area contributed by atoms with Crippen LogP contribution in [-0.2, 0) is 21.2 Å². The highest BCUT2D eigenvalue weighted by atomic mass is 32.2. The Balaban J connectivity index is 2.05. The van der Waals surface area contributed by atoms with Crippen molar-refractivity contribution in [1.29, 1.82) is 0 Å².